The molecule has 1 amide bonds. The minimum absolute atomic E-state index is 0. The van der Waals surface area contributed by atoms with Gasteiger partial charge in [0, 0.05) is 38.1 Å². The van der Waals surface area contributed by atoms with Crippen LogP contribution in [-0.2, 0) is 23.3 Å². The Labute approximate surface area is 239 Å². The molecule has 0 saturated heterocycles. The summed E-state index contributed by atoms with van der Waals surface area (Å²) in [7, 11) is 1.61. The number of methoxy groups -OCH3 is 1. The summed E-state index contributed by atoms with van der Waals surface area (Å²) in [5, 5.41) is 16.4. The number of thiophene rings is 1. The Balaban J connectivity index is 0.00000110. The summed E-state index contributed by atoms with van der Waals surface area (Å²) in [5.74, 6) is 0.332. The Bertz CT molecular complexity index is 1580. The van der Waals surface area contributed by atoms with Gasteiger partial charge in [-0.2, -0.15) is 5.10 Å². The smallest absolute Gasteiger partial charge is 0.333 e. The lowest BCUT2D eigenvalue weighted by Gasteiger charge is -2.27. The minimum Gasteiger partial charge on any atom is -0.496 e. The molecule has 0 aliphatic rings. The van der Waals surface area contributed by atoms with Crippen molar-refractivity contribution in [2.75, 3.05) is 7.11 Å². The number of nitrogens with one attached hydrogen (secondary N) is 1. The Morgan fingerprint density at radius 3 is 2.40 bits per heavy atom. The Kier molecular flexibility index (Phi) is 9.75. The van der Waals surface area contributed by atoms with E-state index in [9.17, 15) is 14.4 Å². The third-order valence-corrected chi connectivity index (χ3v) is 7.54. The number of aliphatic hydroxyl groups is 1. The molecule has 0 bridgehead atoms. The predicted octanol–water partition coefficient (Wildman–Crippen LogP) is 3.86. The number of amides is 1. The van der Waals surface area contributed by atoms with Crippen molar-refractivity contribution in [3.8, 4) is 10.8 Å². The molecule has 218 valence electrons. The van der Waals surface area contributed by atoms with E-state index in [1.807, 2.05) is 45.0 Å². The van der Waals surface area contributed by atoms with Crippen LogP contribution in [0.15, 0.2) is 52.3 Å². The second-order valence-corrected chi connectivity index (χ2v) is 11.6. The number of aliphatic hydroxyl groups excluding tert-OH is 1. The van der Waals surface area contributed by atoms with E-state index in [0.29, 0.717) is 28.7 Å². The zero-order chi connectivity index (χ0) is 29.8. The molecule has 0 radical (unpaired) electrons. The van der Waals surface area contributed by atoms with E-state index in [2.05, 4.69) is 10.4 Å². The molecular weight excluding hydrogens is 530 g/mol. The van der Waals surface area contributed by atoms with Gasteiger partial charge in [-0.3, -0.25) is 14.2 Å². The maximum Gasteiger partial charge on any atom is 0.333 e. The summed E-state index contributed by atoms with van der Waals surface area (Å²) in [6, 6.07) is 9.29. The number of benzene rings is 1. The van der Waals surface area contributed by atoms with Crippen molar-refractivity contribution in [2.45, 2.75) is 79.1 Å². The van der Waals surface area contributed by atoms with Crippen molar-refractivity contribution in [3.05, 3.63) is 74.7 Å². The van der Waals surface area contributed by atoms with Gasteiger partial charge in [-0.25, -0.2) is 14.0 Å². The lowest BCUT2D eigenvalue weighted by Crippen LogP contribution is -2.56. The van der Waals surface area contributed by atoms with Gasteiger partial charge in [0.05, 0.1) is 12.5 Å². The number of ether oxygens (including phenoxy) is 1. The molecule has 2 N–H and O–H groups in total. The molecule has 0 atom stereocenters. The Hall–Kier alpha value is -3.70. The van der Waals surface area contributed by atoms with Crippen LogP contribution >= 0.6 is 11.3 Å². The molecule has 40 heavy (non-hydrogen) atoms. The van der Waals surface area contributed by atoms with Crippen LogP contribution < -0.4 is 21.3 Å². The predicted molar refractivity (Wildman–Crippen MR) is 161 cm³/mol. The second kappa shape index (κ2) is 12.6. The lowest BCUT2D eigenvalue weighted by atomic mass is 10.0. The fourth-order valence-corrected chi connectivity index (χ4v) is 5.58. The quantitative estimate of drug-likeness (QED) is 0.331. The first kappa shape index (κ1) is 30.8. The zero-order valence-corrected chi connectivity index (χ0v) is 25.2. The van der Waals surface area contributed by atoms with Crippen LogP contribution in [0.25, 0.3) is 15.2 Å². The third kappa shape index (κ3) is 6.37. The Morgan fingerprint density at radius 1 is 1.18 bits per heavy atom. The molecule has 1 aromatic carbocycles. The van der Waals surface area contributed by atoms with Crippen molar-refractivity contribution in [2.24, 2.45) is 0 Å². The summed E-state index contributed by atoms with van der Waals surface area (Å²) < 4.78 is 9.86. The van der Waals surface area contributed by atoms with E-state index in [1.54, 1.807) is 62.5 Å². The Morgan fingerprint density at radius 2 is 1.82 bits per heavy atom. The average Bonchev–Trinajstić information content (AvgIpc) is 3.51. The first-order valence-electron chi connectivity index (χ1n) is 13.2. The maximum absolute atomic E-state index is 13.9. The minimum atomic E-state index is -1.40. The van der Waals surface area contributed by atoms with Crippen molar-refractivity contribution in [1.82, 2.24) is 24.2 Å². The molecule has 3 aromatic heterocycles. The van der Waals surface area contributed by atoms with Crippen LogP contribution in [0.5, 0.6) is 5.75 Å². The van der Waals surface area contributed by atoms with Gasteiger partial charge in [0.1, 0.15) is 21.1 Å². The van der Waals surface area contributed by atoms with Crippen LogP contribution in [0, 0.1) is 6.92 Å². The van der Waals surface area contributed by atoms with Gasteiger partial charge in [0.15, 0.2) is 0 Å². The molecular formula is C29H41N5O5S. The molecule has 3 heterocycles. The van der Waals surface area contributed by atoms with Gasteiger partial charge in [-0.1, -0.05) is 29.5 Å². The van der Waals surface area contributed by atoms with Crippen LogP contribution in [-0.4, -0.2) is 49.2 Å². The van der Waals surface area contributed by atoms with Crippen LogP contribution in [0.3, 0.4) is 0 Å². The number of hydrogen-bond donors (Lipinski definition) is 2. The summed E-state index contributed by atoms with van der Waals surface area (Å²) in [4.78, 5) is 41.4. The largest absolute Gasteiger partial charge is 0.496 e. The molecule has 0 saturated carbocycles. The molecule has 0 spiro atoms. The number of para-hydroxylation sites is 1. The fraction of sp³-hybridized carbons (Fsp3) is 0.448. The summed E-state index contributed by atoms with van der Waals surface area (Å²) in [5.41, 5.74) is -0.767. The molecule has 4 aromatic rings. The number of carbonyl (C=O) groups is 1. The number of aryl methyl sites for hydroxylation is 3. The van der Waals surface area contributed by atoms with Crippen LogP contribution in [0.4, 0.5) is 0 Å². The van der Waals surface area contributed by atoms with Gasteiger partial charge in [-0.05, 0) is 72.6 Å². The van der Waals surface area contributed by atoms with Gasteiger partial charge >= 0.3 is 5.69 Å². The number of hydrogen-bond acceptors (Lipinski definition) is 7. The highest BCUT2D eigenvalue weighted by molar-refractivity contribution is 7.21. The zero-order valence-electron chi connectivity index (χ0n) is 24.4. The van der Waals surface area contributed by atoms with Gasteiger partial charge < -0.3 is 15.2 Å². The SMILES string of the molecule is CC(C)O.COc1ccccc1CCn1c(=O)n(C(C)(C)C(=O)NC(C)C)c(=O)c2c(C)c(-n3cccn3)sc21.[HH]. The third-order valence-electron chi connectivity index (χ3n) is 6.23. The molecule has 10 nitrogen and oxygen atoms in total. The van der Waals surface area contributed by atoms with E-state index >= 15 is 0 Å². The molecule has 0 aliphatic heterocycles. The van der Waals surface area contributed by atoms with E-state index in [1.165, 1.54) is 11.3 Å². The van der Waals surface area contributed by atoms with E-state index in [-0.39, 0.29) is 13.6 Å². The second-order valence-electron chi connectivity index (χ2n) is 10.6. The van der Waals surface area contributed by atoms with Crippen LogP contribution in [0.2, 0.25) is 0 Å². The topological polar surface area (TPSA) is 120 Å². The van der Waals surface area contributed by atoms with Gasteiger partial charge in [0.2, 0.25) is 5.91 Å². The van der Waals surface area contributed by atoms with E-state index in [4.69, 9.17) is 9.84 Å². The number of nitrogens with zero attached hydrogens (tertiary/aromatic N) is 4. The summed E-state index contributed by atoms with van der Waals surface area (Å²) >= 11 is 1.34. The van der Waals surface area contributed by atoms with Crippen LogP contribution in [0.1, 0.15) is 54.1 Å². The van der Waals surface area contributed by atoms with E-state index < -0.39 is 22.7 Å². The first-order chi connectivity index (χ1) is 18.8. The standard InChI is InChI=1S/C26H31N5O4S.C3H8O.H2/c1-16(2)28-24(33)26(4,5)31-21(32)20-17(3)22(30-14-9-13-27-30)36-23(20)29(25(31)34)15-12-18-10-7-8-11-19(18)35-6;1-3(2)4;/h7-11,13-14,16H,12,15H2,1-6H3,(H,28,33);3-4H,1-2H3;1H. The van der Waals surface area contributed by atoms with Gasteiger partial charge in [0.25, 0.3) is 5.56 Å². The highest BCUT2D eigenvalue weighted by Crippen LogP contribution is 2.31. The lowest BCUT2D eigenvalue weighted by molar-refractivity contribution is -0.129. The van der Waals surface area contributed by atoms with Crippen molar-refractivity contribution in [1.29, 1.82) is 0 Å². The number of rotatable bonds is 8. The summed E-state index contributed by atoms with van der Waals surface area (Å²) in [6.07, 6.45) is 3.80. The highest BCUT2D eigenvalue weighted by Gasteiger charge is 2.35. The van der Waals surface area contributed by atoms with Crippen molar-refractivity contribution >= 4 is 27.5 Å². The number of carbonyl (C=O) groups excluding carboxylic acids is 1. The molecule has 4 rings (SSSR count). The monoisotopic (exact) mass is 571 g/mol. The molecule has 0 fully saturated rings. The summed E-state index contributed by atoms with van der Waals surface area (Å²) in [6.45, 7) is 12.5. The number of aromatic nitrogens is 4. The first-order valence-corrected chi connectivity index (χ1v) is 14.0. The van der Waals surface area contributed by atoms with Crippen molar-refractivity contribution < 1.29 is 16.1 Å². The fourth-order valence-electron chi connectivity index (χ4n) is 4.31. The average molecular weight is 572 g/mol. The molecule has 0 aliphatic carbocycles. The normalized spacial score (nSPS) is 11.6. The highest BCUT2D eigenvalue weighted by atomic mass is 32.1. The van der Waals surface area contributed by atoms with E-state index in [0.717, 1.165) is 20.9 Å². The van der Waals surface area contributed by atoms with Gasteiger partial charge in [-0.15, -0.1) is 0 Å². The molecule has 0 unspecified atom stereocenters. The molecule has 11 heteroatoms. The van der Waals surface area contributed by atoms with Crippen molar-refractivity contribution in [3.63, 3.8) is 0 Å². The number of fused-ring (bicyclic) bond motifs is 1. The maximum atomic E-state index is 13.9.